The van der Waals surface area contributed by atoms with Crippen LogP contribution in [0.3, 0.4) is 0 Å². The van der Waals surface area contributed by atoms with Crippen molar-refractivity contribution in [2.24, 2.45) is 0 Å². The molecule has 0 unspecified atom stereocenters. The molecule has 0 radical (unpaired) electrons. The first-order valence-electron chi connectivity index (χ1n) is 11.7. The number of benzene rings is 1. The number of hydrogen-bond acceptors (Lipinski definition) is 4. The van der Waals surface area contributed by atoms with Gasteiger partial charge in [-0.3, -0.25) is 4.79 Å². The summed E-state index contributed by atoms with van der Waals surface area (Å²) < 4.78 is 7.90. The maximum atomic E-state index is 12.1. The van der Waals surface area contributed by atoms with E-state index in [1.54, 1.807) is 13.1 Å². The molecule has 2 aromatic heterocycles. The molecule has 1 fully saturated rings. The van der Waals surface area contributed by atoms with Crippen LogP contribution in [0.2, 0.25) is 0 Å². The van der Waals surface area contributed by atoms with Gasteiger partial charge in [0.1, 0.15) is 12.4 Å². The maximum absolute atomic E-state index is 12.1. The first-order chi connectivity index (χ1) is 15.7. The van der Waals surface area contributed by atoms with Crippen molar-refractivity contribution in [2.75, 3.05) is 6.61 Å². The average Bonchev–Trinajstić information content (AvgIpc) is 3.28. The number of aromatic nitrogens is 3. The quantitative estimate of drug-likeness (QED) is 0.433. The molecule has 1 aromatic carbocycles. The molecule has 32 heavy (non-hydrogen) atoms. The smallest absolute Gasteiger partial charge is 0.166 e. The second kappa shape index (κ2) is 9.11. The molecule has 5 rings (SSSR count). The van der Waals surface area contributed by atoms with E-state index in [-0.39, 0.29) is 5.78 Å². The monoisotopic (exact) mass is 427 g/mol. The minimum atomic E-state index is -0.000675. The predicted octanol–water partition coefficient (Wildman–Crippen LogP) is 6.30. The third-order valence-electron chi connectivity index (χ3n) is 6.58. The Morgan fingerprint density at radius 1 is 1.09 bits per heavy atom. The Morgan fingerprint density at radius 3 is 2.62 bits per heavy atom. The summed E-state index contributed by atoms with van der Waals surface area (Å²) in [4.78, 5) is 16.7. The lowest BCUT2D eigenvalue weighted by molar-refractivity contribution is 0.101. The summed E-state index contributed by atoms with van der Waals surface area (Å²) >= 11 is 0. The van der Waals surface area contributed by atoms with E-state index in [0.29, 0.717) is 23.7 Å². The summed E-state index contributed by atoms with van der Waals surface area (Å²) in [5.41, 5.74) is 5.85. The highest BCUT2D eigenvalue weighted by Gasteiger charge is 2.25. The number of nitrogens with zero attached hydrogens (tertiary/aromatic N) is 3. The number of carbonyl (C=O) groups is 1. The highest BCUT2D eigenvalue weighted by molar-refractivity contribution is 5.99. The summed E-state index contributed by atoms with van der Waals surface area (Å²) in [6.45, 7) is 2.17. The standard InChI is InChI=1S/C27H29N3O2/c1-19(31)24-17-29-30-26(22-10-6-3-7-11-22)25(16-28-27(24)30)21-12-14-23(15-13-21)32-18-20-8-4-2-5-9-20/h4,8-9,12-17,22H,2-3,5-7,10-11,18H2,1H3. The SMILES string of the molecule is CC(=O)c1cnn2c(C3CCCCC3)c(-c3ccc(OCC4=CCCC=C4)cc3)cnc12. The van der Waals surface area contributed by atoms with Gasteiger partial charge in [0.2, 0.25) is 0 Å². The summed E-state index contributed by atoms with van der Waals surface area (Å²) in [6.07, 6.45) is 18.4. The number of hydrogen-bond donors (Lipinski definition) is 0. The molecule has 0 amide bonds. The Morgan fingerprint density at radius 2 is 1.91 bits per heavy atom. The van der Waals surface area contributed by atoms with Gasteiger partial charge in [-0.2, -0.15) is 5.10 Å². The van der Waals surface area contributed by atoms with Crippen LogP contribution in [0.5, 0.6) is 5.75 Å². The first-order valence-corrected chi connectivity index (χ1v) is 11.7. The van der Waals surface area contributed by atoms with Crippen LogP contribution >= 0.6 is 0 Å². The molecule has 1 saturated carbocycles. The molecule has 0 spiro atoms. The van der Waals surface area contributed by atoms with E-state index in [0.717, 1.165) is 42.6 Å². The van der Waals surface area contributed by atoms with E-state index >= 15 is 0 Å². The number of ketones is 1. The van der Waals surface area contributed by atoms with Crippen LogP contribution in [-0.2, 0) is 0 Å². The largest absolute Gasteiger partial charge is 0.489 e. The number of rotatable bonds is 6. The van der Waals surface area contributed by atoms with E-state index in [2.05, 4.69) is 40.4 Å². The van der Waals surface area contributed by atoms with E-state index in [1.165, 1.54) is 30.5 Å². The van der Waals surface area contributed by atoms with Crippen LogP contribution in [0.1, 0.15) is 73.8 Å². The lowest BCUT2D eigenvalue weighted by atomic mass is 9.84. The third kappa shape index (κ3) is 4.12. The molecule has 0 bridgehead atoms. The Kier molecular flexibility index (Phi) is 5.89. The molecule has 0 N–H and O–H groups in total. The second-order valence-corrected chi connectivity index (χ2v) is 8.81. The fraction of sp³-hybridized carbons (Fsp3) is 0.370. The van der Waals surface area contributed by atoms with E-state index < -0.39 is 0 Å². The third-order valence-corrected chi connectivity index (χ3v) is 6.58. The van der Waals surface area contributed by atoms with Gasteiger partial charge in [0, 0.05) is 17.7 Å². The molecular formula is C27H29N3O2. The number of Topliss-reactive ketones (excluding diaryl/α,β-unsaturated/α-hetero) is 1. The van der Waals surface area contributed by atoms with Gasteiger partial charge in [-0.05, 0) is 55.9 Å². The summed E-state index contributed by atoms with van der Waals surface area (Å²) in [6, 6.07) is 8.26. The van der Waals surface area contributed by atoms with Gasteiger partial charge in [-0.25, -0.2) is 9.50 Å². The lowest BCUT2D eigenvalue weighted by Crippen LogP contribution is -2.13. The van der Waals surface area contributed by atoms with Crippen molar-refractivity contribution >= 4 is 11.4 Å². The highest BCUT2D eigenvalue weighted by atomic mass is 16.5. The Hall–Kier alpha value is -3.21. The molecule has 0 saturated heterocycles. The van der Waals surface area contributed by atoms with Gasteiger partial charge in [-0.15, -0.1) is 0 Å². The zero-order valence-electron chi connectivity index (χ0n) is 18.6. The van der Waals surface area contributed by atoms with Crippen LogP contribution in [0.25, 0.3) is 16.8 Å². The number of ether oxygens (including phenoxy) is 1. The van der Waals surface area contributed by atoms with Crippen molar-refractivity contribution < 1.29 is 9.53 Å². The van der Waals surface area contributed by atoms with Crippen molar-refractivity contribution in [1.29, 1.82) is 0 Å². The minimum absolute atomic E-state index is 0.000675. The fourth-order valence-electron chi connectivity index (χ4n) is 4.86. The number of fused-ring (bicyclic) bond motifs is 1. The van der Waals surface area contributed by atoms with Gasteiger partial charge in [0.05, 0.1) is 17.5 Å². The van der Waals surface area contributed by atoms with Gasteiger partial charge < -0.3 is 4.74 Å². The minimum Gasteiger partial charge on any atom is -0.489 e. The molecule has 0 atom stereocenters. The molecular weight excluding hydrogens is 398 g/mol. The molecule has 2 heterocycles. The molecule has 2 aliphatic rings. The van der Waals surface area contributed by atoms with Crippen LogP contribution in [0, 0.1) is 0 Å². The molecule has 5 nitrogen and oxygen atoms in total. The van der Waals surface area contributed by atoms with Crippen LogP contribution in [0.4, 0.5) is 0 Å². The molecule has 2 aliphatic carbocycles. The fourth-order valence-corrected chi connectivity index (χ4v) is 4.86. The van der Waals surface area contributed by atoms with Crippen LogP contribution < -0.4 is 4.74 Å². The molecule has 5 heteroatoms. The van der Waals surface area contributed by atoms with Gasteiger partial charge in [0.15, 0.2) is 11.4 Å². The maximum Gasteiger partial charge on any atom is 0.166 e. The number of allylic oxidation sites excluding steroid dienone is 2. The van der Waals surface area contributed by atoms with Gasteiger partial charge in [-0.1, -0.05) is 49.6 Å². The van der Waals surface area contributed by atoms with Crippen molar-refractivity contribution in [3.05, 3.63) is 71.7 Å². The number of carbonyl (C=O) groups excluding carboxylic acids is 1. The average molecular weight is 428 g/mol. The van der Waals surface area contributed by atoms with E-state index in [4.69, 9.17) is 4.74 Å². The van der Waals surface area contributed by atoms with E-state index in [1.807, 2.05) is 22.8 Å². The van der Waals surface area contributed by atoms with Crippen molar-refractivity contribution in [1.82, 2.24) is 14.6 Å². The second-order valence-electron chi connectivity index (χ2n) is 8.81. The summed E-state index contributed by atoms with van der Waals surface area (Å²) in [5, 5.41) is 4.60. The zero-order chi connectivity index (χ0) is 21.9. The van der Waals surface area contributed by atoms with Crippen molar-refractivity contribution in [2.45, 2.75) is 57.8 Å². The summed E-state index contributed by atoms with van der Waals surface area (Å²) in [5.74, 6) is 1.28. The first kappa shape index (κ1) is 20.7. The van der Waals surface area contributed by atoms with Crippen LogP contribution in [0.15, 0.2) is 60.5 Å². The highest BCUT2D eigenvalue weighted by Crippen LogP contribution is 2.38. The molecule has 164 valence electrons. The molecule has 3 aromatic rings. The van der Waals surface area contributed by atoms with E-state index in [9.17, 15) is 4.79 Å². The van der Waals surface area contributed by atoms with Gasteiger partial charge in [0.25, 0.3) is 0 Å². The molecule has 0 aliphatic heterocycles. The topological polar surface area (TPSA) is 56.5 Å². The Labute approximate surface area is 188 Å². The normalized spacial score (nSPS) is 16.8. The summed E-state index contributed by atoms with van der Waals surface area (Å²) in [7, 11) is 0. The predicted molar refractivity (Wildman–Crippen MR) is 126 cm³/mol. The van der Waals surface area contributed by atoms with Gasteiger partial charge >= 0.3 is 0 Å². The van der Waals surface area contributed by atoms with Crippen LogP contribution in [-0.4, -0.2) is 27.0 Å². The van der Waals surface area contributed by atoms with Crippen molar-refractivity contribution in [3.8, 4) is 16.9 Å². The Bertz CT molecular complexity index is 1180. The Balaban J connectivity index is 1.48. The van der Waals surface area contributed by atoms with Crippen molar-refractivity contribution in [3.63, 3.8) is 0 Å². The lowest BCUT2D eigenvalue weighted by Gasteiger charge is -2.25. The zero-order valence-corrected chi connectivity index (χ0v) is 18.6.